The van der Waals surface area contributed by atoms with Gasteiger partial charge in [-0.15, -0.1) is 5.54 Å². The quantitative estimate of drug-likeness (QED) is 0.264. The van der Waals surface area contributed by atoms with Crippen LogP contribution in [0.2, 0.25) is 19.6 Å². The summed E-state index contributed by atoms with van der Waals surface area (Å²) in [7, 11) is -1.46. The van der Waals surface area contributed by atoms with E-state index in [1.807, 2.05) is 11.0 Å². The molecule has 5 rings (SSSR count). The second-order valence-electron chi connectivity index (χ2n) is 11.4. The van der Waals surface area contributed by atoms with Gasteiger partial charge in [0.05, 0.1) is 0 Å². The van der Waals surface area contributed by atoms with Gasteiger partial charge in [0.1, 0.15) is 14.7 Å². The van der Waals surface area contributed by atoms with E-state index < -0.39 is 8.07 Å². The zero-order valence-electron chi connectivity index (χ0n) is 22.9. The maximum Gasteiger partial charge on any atom is 0.409 e. The predicted octanol–water partition coefficient (Wildman–Crippen LogP) is 5.87. The highest BCUT2D eigenvalue weighted by Crippen LogP contribution is 2.44. The van der Waals surface area contributed by atoms with E-state index in [-0.39, 0.29) is 12.0 Å². The number of nitrogen functional groups attached to an aromatic ring is 1. The Kier molecular flexibility index (Phi) is 7.33. The topological polar surface area (TPSA) is 58.8 Å². The highest BCUT2D eigenvalue weighted by atomic mass is 28.3. The summed E-state index contributed by atoms with van der Waals surface area (Å²) in [6.07, 6.45) is -0.226. The molecule has 0 spiro atoms. The summed E-state index contributed by atoms with van der Waals surface area (Å²) in [5.74, 6) is 3.43. The van der Waals surface area contributed by atoms with Gasteiger partial charge in [-0.3, -0.25) is 4.90 Å². The maximum atomic E-state index is 13.0. The Labute approximate surface area is 227 Å². The molecule has 1 amide bonds. The lowest BCUT2D eigenvalue weighted by Crippen LogP contribution is -2.48. The van der Waals surface area contributed by atoms with Gasteiger partial charge in [0.25, 0.3) is 0 Å². The zero-order valence-corrected chi connectivity index (χ0v) is 23.9. The molecule has 3 aromatic rings. The van der Waals surface area contributed by atoms with E-state index in [9.17, 15) is 4.79 Å². The van der Waals surface area contributed by atoms with Crippen LogP contribution in [0.5, 0.6) is 0 Å². The number of fused-ring (bicyclic) bond motifs is 3. The summed E-state index contributed by atoms with van der Waals surface area (Å²) in [4.78, 5) is 17.2. The molecule has 2 aliphatic rings. The molecule has 1 aliphatic carbocycles. The van der Waals surface area contributed by atoms with Crippen LogP contribution in [0.3, 0.4) is 0 Å². The summed E-state index contributed by atoms with van der Waals surface area (Å²) < 4.78 is 5.88. The molecule has 2 N–H and O–H groups in total. The summed E-state index contributed by atoms with van der Waals surface area (Å²) in [6.45, 7) is 12.9. The minimum Gasteiger partial charge on any atom is -0.448 e. The van der Waals surface area contributed by atoms with Gasteiger partial charge in [0, 0.05) is 49.9 Å². The fraction of sp³-hybridized carbons (Fsp3) is 0.344. The molecule has 0 unspecified atom stereocenters. The van der Waals surface area contributed by atoms with Crippen molar-refractivity contribution in [2.75, 3.05) is 38.5 Å². The second kappa shape index (κ2) is 10.7. The predicted molar refractivity (Wildman–Crippen MR) is 158 cm³/mol. The van der Waals surface area contributed by atoms with Crippen LogP contribution in [0.15, 0.2) is 60.7 Å². The van der Waals surface area contributed by atoms with Crippen LogP contribution >= 0.6 is 0 Å². The van der Waals surface area contributed by atoms with Crippen LogP contribution in [0.25, 0.3) is 11.1 Å². The molecule has 38 heavy (non-hydrogen) atoms. The van der Waals surface area contributed by atoms with E-state index in [1.165, 1.54) is 27.8 Å². The van der Waals surface area contributed by atoms with Crippen molar-refractivity contribution < 1.29 is 9.53 Å². The number of benzene rings is 3. The van der Waals surface area contributed by atoms with Gasteiger partial charge in [-0.1, -0.05) is 74.1 Å². The van der Waals surface area contributed by atoms with Crippen LogP contribution in [0.1, 0.15) is 33.7 Å². The third kappa shape index (κ3) is 5.64. The van der Waals surface area contributed by atoms with Gasteiger partial charge in [0.15, 0.2) is 0 Å². The first kappa shape index (κ1) is 26.1. The lowest BCUT2D eigenvalue weighted by molar-refractivity contribution is 0.0728. The van der Waals surface area contributed by atoms with Gasteiger partial charge in [-0.2, -0.15) is 0 Å². The number of ether oxygens (including phenoxy) is 1. The Hall–Kier alpha value is -3.53. The summed E-state index contributed by atoms with van der Waals surface area (Å²) >= 11 is 0. The van der Waals surface area contributed by atoms with Crippen molar-refractivity contribution in [1.82, 2.24) is 9.80 Å². The summed E-state index contributed by atoms with van der Waals surface area (Å²) in [5, 5.41) is 0. The van der Waals surface area contributed by atoms with Crippen molar-refractivity contribution in [3.8, 4) is 22.6 Å². The third-order valence-electron chi connectivity index (χ3n) is 7.50. The Morgan fingerprint density at radius 2 is 1.58 bits per heavy atom. The number of anilines is 1. The SMILES string of the molecule is Cc1c(N)cc(C#C[Si](C)(C)C)cc1CN1CCN(C(=O)OCC2c3ccccc3-c3ccccc32)CC1. The molecule has 3 aromatic carbocycles. The van der Waals surface area contributed by atoms with Crippen LogP contribution in [0, 0.1) is 18.4 Å². The van der Waals surface area contributed by atoms with Gasteiger partial charge < -0.3 is 15.4 Å². The lowest BCUT2D eigenvalue weighted by atomic mass is 9.98. The van der Waals surface area contributed by atoms with Gasteiger partial charge in [-0.05, 0) is 52.4 Å². The average molecular weight is 524 g/mol. The van der Waals surface area contributed by atoms with E-state index >= 15 is 0 Å². The fourth-order valence-corrected chi connectivity index (χ4v) is 5.83. The molecule has 1 fully saturated rings. The molecule has 0 radical (unpaired) electrons. The zero-order chi connectivity index (χ0) is 26.9. The van der Waals surface area contributed by atoms with E-state index in [1.54, 1.807) is 0 Å². The molecule has 1 heterocycles. The number of hydrogen-bond acceptors (Lipinski definition) is 4. The van der Waals surface area contributed by atoms with E-state index in [0.29, 0.717) is 19.7 Å². The summed E-state index contributed by atoms with van der Waals surface area (Å²) in [5.41, 5.74) is 18.8. The molecular formula is C32H37N3O2Si. The maximum absolute atomic E-state index is 13.0. The normalized spacial score (nSPS) is 15.4. The Bertz CT molecular complexity index is 1360. The van der Waals surface area contributed by atoms with Crippen molar-refractivity contribution in [1.29, 1.82) is 0 Å². The van der Waals surface area contributed by atoms with Gasteiger partial charge in [0.2, 0.25) is 0 Å². The fourth-order valence-electron chi connectivity index (χ4n) is 5.31. The first-order valence-electron chi connectivity index (χ1n) is 13.4. The summed E-state index contributed by atoms with van der Waals surface area (Å²) in [6, 6.07) is 21.0. The molecule has 0 aromatic heterocycles. The molecule has 0 atom stereocenters. The van der Waals surface area contributed by atoms with E-state index in [2.05, 4.69) is 97.5 Å². The number of carbonyl (C=O) groups excluding carboxylic acids is 1. The molecule has 5 nitrogen and oxygen atoms in total. The van der Waals surface area contributed by atoms with E-state index in [0.717, 1.165) is 36.4 Å². The monoisotopic (exact) mass is 523 g/mol. The highest BCUT2D eigenvalue weighted by molar-refractivity contribution is 6.83. The molecule has 1 aliphatic heterocycles. The first-order chi connectivity index (χ1) is 18.2. The molecule has 6 heteroatoms. The minimum absolute atomic E-state index is 0.0809. The lowest BCUT2D eigenvalue weighted by Gasteiger charge is -2.34. The Morgan fingerprint density at radius 3 is 2.18 bits per heavy atom. The Balaban J connectivity index is 1.18. The van der Waals surface area contributed by atoms with Crippen molar-refractivity contribution in [3.05, 3.63) is 88.5 Å². The molecule has 0 bridgehead atoms. The van der Waals surface area contributed by atoms with Gasteiger partial charge in [-0.25, -0.2) is 4.79 Å². The number of hydrogen-bond donors (Lipinski definition) is 1. The van der Waals surface area contributed by atoms with Crippen LogP contribution < -0.4 is 5.73 Å². The van der Waals surface area contributed by atoms with Crippen LogP contribution in [0.4, 0.5) is 10.5 Å². The molecule has 1 saturated heterocycles. The number of nitrogens with zero attached hydrogens (tertiary/aromatic N) is 2. The number of piperazine rings is 1. The van der Waals surface area contributed by atoms with Crippen LogP contribution in [-0.2, 0) is 11.3 Å². The average Bonchev–Trinajstić information content (AvgIpc) is 3.22. The minimum atomic E-state index is -1.46. The number of carbonyl (C=O) groups is 1. The number of nitrogens with two attached hydrogens (primary N) is 1. The second-order valence-corrected chi connectivity index (χ2v) is 16.2. The first-order valence-corrected chi connectivity index (χ1v) is 16.9. The molecule has 196 valence electrons. The highest BCUT2D eigenvalue weighted by Gasteiger charge is 2.30. The van der Waals surface area contributed by atoms with Crippen molar-refractivity contribution >= 4 is 19.9 Å². The van der Waals surface area contributed by atoms with Crippen molar-refractivity contribution in [3.63, 3.8) is 0 Å². The van der Waals surface area contributed by atoms with Gasteiger partial charge >= 0.3 is 6.09 Å². The van der Waals surface area contributed by atoms with Crippen molar-refractivity contribution in [2.24, 2.45) is 0 Å². The Morgan fingerprint density at radius 1 is 0.974 bits per heavy atom. The number of rotatable bonds is 4. The third-order valence-corrected chi connectivity index (χ3v) is 8.37. The van der Waals surface area contributed by atoms with E-state index in [4.69, 9.17) is 10.5 Å². The standard InChI is InChI=1S/C32H37N3O2Si/c1-23-25(19-24(20-31(23)33)13-18-38(2,3)4)21-34-14-16-35(17-15-34)32(36)37-22-30-28-11-7-5-9-26(28)27-10-6-8-12-29(27)30/h5-12,19-20,30H,14-17,21-22,33H2,1-4H3. The molecular weight excluding hydrogens is 486 g/mol. The van der Waals surface area contributed by atoms with Crippen LogP contribution in [-0.4, -0.2) is 56.8 Å². The largest absolute Gasteiger partial charge is 0.448 e. The number of amides is 1. The smallest absolute Gasteiger partial charge is 0.409 e. The molecule has 0 saturated carbocycles. The van der Waals surface area contributed by atoms with Crippen molar-refractivity contribution in [2.45, 2.75) is 39.0 Å².